The van der Waals surface area contributed by atoms with E-state index in [0.717, 1.165) is 17.3 Å². The van der Waals surface area contributed by atoms with Crippen molar-refractivity contribution in [2.75, 3.05) is 41.7 Å². The number of thioether (sulfide) groups is 1. The molecule has 0 radical (unpaired) electrons. The van der Waals surface area contributed by atoms with Gasteiger partial charge in [-0.15, -0.1) is 0 Å². The second-order valence-corrected chi connectivity index (χ2v) is 8.48. The minimum absolute atomic E-state index is 0.0148. The van der Waals surface area contributed by atoms with Crippen LogP contribution in [0.4, 0.5) is 11.6 Å². The van der Waals surface area contributed by atoms with Gasteiger partial charge in [-0.1, -0.05) is 48.2 Å². The molecule has 1 N–H and O–H groups in total. The van der Waals surface area contributed by atoms with Gasteiger partial charge in [0.15, 0.2) is 5.17 Å². The minimum atomic E-state index is -0.320. The number of rotatable bonds is 8. The molecule has 180 valence electrons. The predicted octanol–water partition coefficient (Wildman–Crippen LogP) is 2.67. The van der Waals surface area contributed by atoms with Gasteiger partial charge < -0.3 is 4.74 Å². The number of nitrogens with one attached hydrogen (secondary N) is 1. The first-order valence-corrected chi connectivity index (χ1v) is 11.9. The minimum Gasteiger partial charge on any atom is -0.493 e. The molecule has 0 bridgehead atoms. The highest BCUT2D eigenvalue weighted by atomic mass is 32.2. The van der Waals surface area contributed by atoms with Crippen molar-refractivity contribution in [2.45, 2.75) is 6.92 Å². The van der Waals surface area contributed by atoms with E-state index < -0.39 is 0 Å². The highest BCUT2D eigenvalue weighted by molar-refractivity contribution is 8.14. The Labute approximate surface area is 206 Å². The zero-order valence-electron chi connectivity index (χ0n) is 19.5. The lowest BCUT2D eigenvalue weighted by atomic mass is 10.1. The number of carbonyl (C=O) groups is 2. The number of carbonyl (C=O) groups excluding carboxylic acids is 2. The van der Waals surface area contributed by atoms with E-state index in [1.165, 1.54) is 9.69 Å². The van der Waals surface area contributed by atoms with Gasteiger partial charge in [-0.3, -0.25) is 24.3 Å². The molecule has 1 aliphatic rings. The summed E-state index contributed by atoms with van der Waals surface area (Å²) < 4.78 is 10.8. The molecule has 35 heavy (non-hydrogen) atoms. The Morgan fingerprint density at radius 3 is 2.66 bits per heavy atom. The standard InChI is InChI=1S/C24H24N6O4S/c1-4-33-20-13-9-8-10-17(20)14-19-23(32)30(18-11-6-5-7-12-18)24(25-19)35-16-21(31)26-22-15-29(27-34-22)28(2)3/h5-15H,4,16H2,1-3H3/p+1/b19-14+. The third-order valence-electron chi connectivity index (χ3n) is 4.82. The maximum atomic E-state index is 13.3. The number of amidine groups is 1. The number of nitrogens with zero attached hydrogens (tertiary/aromatic N) is 5. The molecule has 3 aromatic rings. The first kappa shape index (κ1) is 24.0. The molecule has 0 saturated heterocycles. The number of amides is 2. The molecule has 0 spiro atoms. The monoisotopic (exact) mass is 493 g/mol. The van der Waals surface area contributed by atoms with Crippen LogP contribution in [0.2, 0.25) is 0 Å². The molecule has 0 fully saturated rings. The molecule has 2 aromatic carbocycles. The molecular formula is C24H25N6O4S+. The van der Waals surface area contributed by atoms with E-state index in [1.807, 2.05) is 61.5 Å². The van der Waals surface area contributed by atoms with Crippen molar-refractivity contribution >= 4 is 46.4 Å². The normalized spacial score (nSPS) is 14.3. The van der Waals surface area contributed by atoms with Crippen molar-refractivity contribution in [3.8, 4) is 5.75 Å². The van der Waals surface area contributed by atoms with Gasteiger partial charge >= 0.3 is 5.88 Å². The quantitative estimate of drug-likeness (QED) is 0.380. The summed E-state index contributed by atoms with van der Waals surface area (Å²) in [6.07, 6.45) is 3.25. The molecule has 1 aromatic heterocycles. The molecule has 2 heterocycles. The first-order valence-electron chi connectivity index (χ1n) is 10.9. The fourth-order valence-electron chi connectivity index (χ4n) is 3.22. The van der Waals surface area contributed by atoms with Crippen LogP contribution in [0.5, 0.6) is 5.75 Å². The van der Waals surface area contributed by atoms with Gasteiger partial charge in [0.2, 0.25) is 11.2 Å². The molecule has 10 nitrogen and oxygen atoms in total. The Morgan fingerprint density at radius 2 is 1.94 bits per heavy atom. The fourth-order valence-corrected chi connectivity index (χ4v) is 4.03. The molecule has 0 aliphatic carbocycles. The zero-order valence-corrected chi connectivity index (χ0v) is 20.4. The summed E-state index contributed by atoms with van der Waals surface area (Å²) in [5.74, 6) is 0.286. The summed E-state index contributed by atoms with van der Waals surface area (Å²) in [7, 11) is 3.57. The third-order valence-corrected chi connectivity index (χ3v) is 5.75. The second kappa shape index (κ2) is 10.9. The highest BCUT2D eigenvalue weighted by Crippen LogP contribution is 2.31. The van der Waals surface area contributed by atoms with Gasteiger partial charge in [-0.2, -0.15) is 5.01 Å². The number of aromatic nitrogens is 2. The summed E-state index contributed by atoms with van der Waals surface area (Å²) in [6, 6.07) is 16.6. The van der Waals surface area contributed by atoms with Crippen LogP contribution in [0.1, 0.15) is 12.5 Å². The Bertz CT molecular complexity index is 1270. The van der Waals surface area contributed by atoms with Crippen molar-refractivity contribution < 1.29 is 23.6 Å². The maximum absolute atomic E-state index is 13.3. The van der Waals surface area contributed by atoms with Gasteiger partial charge in [-0.05, 0) is 31.2 Å². The topological polar surface area (TPSA) is 104 Å². The smallest absolute Gasteiger partial charge is 0.305 e. The Hall–Kier alpha value is -4.12. The highest BCUT2D eigenvalue weighted by Gasteiger charge is 2.32. The van der Waals surface area contributed by atoms with Crippen LogP contribution in [-0.4, -0.2) is 48.7 Å². The molecule has 2 amide bonds. The van der Waals surface area contributed by atoms with Crippen molar-refractivity contribution in [3.05, 3.63) is 72.1 Å². The zero-order chi connectivity index (χ0) is 24.8. The van der Waals surface area contributed by atoms with Gasteiger partial charge in [0.25, 0.3) is 12.1 Å². The van der Waals surface area contributed by atoms with E-state index in [1.54, 1.807) is 31.4 Å². The SMILES string of the molecule is CCOc1ccccc1/C=C1/N=C(SCC(=O)Nc2c[n+](N(C)C)no2)N(c2ccccc2)C1=O. The van der Waals surface area contributed by atoms with E-state index >= 15 is 0 Å². The van der Waals surface area contributed by atoms with Crippen LogP contribution in [-0.2, 0) is 9.59 Å². The van der Waals surface area contributed by atoms with Crippen LogP contribution in [0.25, 0.3) is 6.08 Å². The largest absolute Gasteiger partial charge is 0.493 e. The number of ether oxygens (including phenoxy) is 1. The summed E-state index contributed by atoms with van der Waals surface area (Å²) in [6.45, 7) is 2.40. The molecule has 4 rings (SSSR count). The van der Waals surface area contributed by atoms with Crippen LogP contribution in [0, 0.1) is 0 Å². The first-order chi connectivity index (χ1) is 17.0. The molecule has 0 atom stereocenters. The van der Waals surface area contributed by atoms with Gasteiger partial charge in [0.1, 0.15) is 11.4 Å². The number of anilines is 2. The maximum Gasteiger partial charge on any atom is 0.305 e. The van der Waals surface area contributed by atoms with Crippen molar-refractivity contribution in [2.24, 2.45) is 4.99 Å². The molecule has 0 unspecified atom stereocenters. The molecule has 0 saturated carbocycles. The van der Waals surface area contributed by atoms with Gasteiger partial charge in [0.05, 0.1) is 36.9 Å². The number of hydrogen-bond acceptors (Lipinski definition) is 8. The lowest BCUT2D eigenvalue weighted by Crippen LogP contribution is -2.53. The van der Waals surface area contributed by atoms with E-state index in [4.69, 9.17) is 9.26 Å². The second-order valence-electron chi connectivity index (χ2n) is 7.54. The predicted molar refractivity (Wildman–Crippen MR) is 135 cm³/mol. The summed E-state index contributed by atoms with van der Waals surface area (Å²) in [5, 5.41) is 8.53. The molecule has 1 aliphatic heterocycles. The Balaban J connectivity index is 1.56. The van der Waals surface area contributed by atoms with E-state index in [9.17, 15) is 9.59 Å². The van der Waals surface area contributed by atoms with E-state index in [0.29, 0.717) is 23.2 Å². The Morgan fingerprint density at radius 1 is 1.20 bits per heavy atom. The number of aliphatic imine (C=N–C) groups is 1. The Kier molecular flexibility index (Phi) is 7.46. The van der Waals surface area contributed by atoms with Crippen molar-refractivity contribution in [1.29, 1.82) is 0 Å². The average molecular weight is 494 g/mol. The lowest BCUT2D eigenvalue weighted by Gasteiger charge is -2.17. The van der Waals surface area contributed by atoms with E-state index in [2.05, 4.69) is 15.6 Å². The van der Waals surface area contributed by atoms with Crippen molar-refractivity contribution in [1.82, 2.24) is 5.27 Å². The summed E-state index contributed by atoms with van der Waals surface area (Å²) in [5.41, 5.74) is 1.66. The molecular weight excluding hydrogens is 468 g/mol. The number of hydrogen-bond donors (Lipinski definition) is 1. The van der Waals surface area contributed by atoms with Crippen LogP contribution >= 0.6 is 11.8 Å². The molecule has 11 heteroatoms. The summed E-state index contributed by atoms with van der Waals surface area (Å²) >= 11 is 1.15. The van der Waals surface area contributed by atoms with E-state index in [-0.39, 0.29) is 29.1 Å². The van der Waals surface area contributed by atoms with Crippen LogP contribution in [0.15, 0.2) is 76.0 Å². The van der Waals surface area contributed by atoms with Crippen LogP contribution in [0.3, 0.4) is 0 Å². The van der Waals surface area contributed by atoms with Gasteiger partial charge in [-0.25, -0.2) is 4.99 Å². The number of para-hydroxylation sites is 2. The lowest BCUT2D eigenvalue weighted by molar-refractivity contribution is -0.753. The van der Waals surface area contributed by atoms with Gasteiger partial charge in [0, 0.05) is 5.56 Å². The number of benzene rings is 2. The average Bonchev–Trinajstić information content (AvgIpc) is 3.44. The van der Waals surface area contributed by atoms with Crippen molar-refractivity contribution in [3.63, 3.8) is 0 Å². The fraction of sp³-hybridized carbons (Fsp3) is 0.208. The summed E-state index contributed by atoms with van der Waals surface area (Å²) in [4.78, 5) is 33.4. The van der Waals surface area contributed by atoms with Crippen LogP contribution < -0.4 is 24.8 Å². The third kappa shape index (κ3) is 5.69.